The van der Waals surface area contributed by atoms with E-state index in [-0.39, 0.29) is 33.4 Å². The first kappa shape index (κ1) is 32.0. The lowest BCUT2D eigenvalue weighted by Crippen LogP contribution is -2.50. The van der Waals surface area contributed by atoms with Gasteiger partial charge in [0.05, 0.1) is 41.1 Å². The highest BCUT2D eigenvalue weighted by molar-refractivity contribution is 7.23. The molecule has 2 fully saturated rings. The lowest BCUT2D eigenvalue weighted by atomic mass is 9.87. The molecule has 1 N–H and O–H groups in total. The number of aromatic nitrogens is 2. The minimum absolute atomic E-state index is 0.0125. The maximum Gasteiger partial charge on any atom is 0.412 e. The number of anilines is 2. The molecule has 2 aromatic heterocycles. The number of nitrogens with zero attached hydrogens (tertiary/aromatic N) is 5. The second-order valence-corrected chi connectivity index (χ2v) is 15.6. The molecule has 3 aliphatic rings. The predicted molar refractivity (Wildman–Crippen MR) is 181 cm³/mol. The second kappa shape index (κ2) is 11.3. The first-order valence-electron chi connectivity index (χ1n) is 15.9. The Hall–Kier alpha value is -4.54. The third-order valence-corrected chi connectivity index (χ3v) is 10.1. The van der Waals surface area contributed by atoms with Crippen LogP contribution in [-0.4, -0.2) is 63.4 Å². The maximum atomic E-state index is 15.4. The monoisotopic (exact) mass is 672 g/mol. The van der Waals surface area contributed by atoms with E-state index in [1.807, 2.05) is 32.6 Å². The summed E-state index contributed by atoms with van der Waals surface area (Å²) in [6, 6.07) is 5.37. The molecule has 0 spiro atoms. The van der Waals surface area contributed by atoms with Crippen LogP contribution < -0.4 is 10.2 Å². The summed E-state index contributed by atoms with van der Waals surface area (Å²) in [5, 5.41) is 14.5. The Morgan fingerprint density at radius 3 is 2.44 bits per heavy atom. The molecule has 11 nitrogen and oxygen atoms in total. The average Bonchev–Trinajstić information content (AvgIpc) is 3.79. The molecule has 4 aromatic rings. The molecule has 0 radical (unpaired) electrons. The van der Waals surface area contributed by atoms with E-state index >= 15 is 4.39 Å². The molecule has 2 saturated heterocycles. The van der Waals surface area contributed by atoms with Gasteiger partial charge in [0.1, 0.15) is 40.2 Å². The van der Waals surface area contributed by atoms with E-state index in [0.717, 1.165) is 56.7 Å². The molecule has 13 heteroatoms. The SMILES string of the molecule is Cc1c(-c2ccc(F)c3sc(NC(=O)OC(C)(C)C)c(C#N)c23)c2c(c3c(N4CC5CC4CN5C(=O)OC(C)(C)C)ncnc13)COC2. The van der Waals surface area contributed by atoms with E-state index < -0.39 is 23.1 Å². The molecule has 2 atom stereocenters. The molecule has 2 aromatic carbocycles. The molecule has 48 heavy (non-hydrogen) atoms. The summed E-state index contributed by atoms with van der Waals surface area (Å²) < 4.78 is 32.8. The van der Waals surface area contributed by atoms with Crippen molar-refractivity contribution in [1.82, 2.24) is 14.9 Å². The number of carbonyl (C=O) groups excluding carboxylic acids is 2. The van der Waals surface area contributed by atoms with Gasteiger partial charge in [0.25, 0.3) is 0 Å². The molecular weight excluding hydrogens is 635 g/mol. The fraction of sp³-hybridized carbons (Fsp3) is 0.457. The molecule has 3 aliphatic heterocycles. The van der Waals surface area contributed by atoms with Crippen LogP contribution in [0.15, 0.2) is 18.5 Å². The van der Waals surface area contributed by atoms with Gasteiger partial charge in [-0.15, -0.1) is 11.3 Å². The third-order valence-electron chi connectivity index (χ3n) is 8.95. The first-order chi connectivity index (χ1) is 22.6. The fourth-order valence-corrected chi connectivity index (χ4v) is 8.25. The van der Waals surface area contributed by atoms with Gasteiger partial charge in [-0.25, -0.2) is 23.9 Å². The van der Waals surface area contributed by atoms with Crippen molar-refractivity contribution in [1.29, 1.82) is 5.26 Å². The van der Waals surface area contributed by atoms with Gasteiger partial charge in [0, 0.05) is 23.9 Å². The molecule has 7 rings (SSSR count). The van der Waals surface area contributed by atoms with Gasteiger partial charge >= 0.3 is 12.2 Å². The third kappa shape index (κ3) is 5.37. The van der Waals surface area contributed by atoms with Crippen molar-refractivity contribution in [2.24, 2.45) is 0 Å². The number of ether oxygens (including phenoxy) is 3. The number of nitrogens with one attached hydrogen (secondary N) is 1. The zero-order valence-electron chi connectivity index (χ0n) is 28.0. The largest absolute Gasteiger partial charge is 0.444 e. The number of benzene rings is 2. The molecule has 2 amide bonds. The lowest BCUT2D eigenvalue weighted by Gasteiger charge is -2.36. The minimum Gasteiger partial charge on any atom is -0.444 e. The summed E-state index contributed by atoms with van der Waals surface area (Å²) in [6.45, 7) is 14.6. The minimum atomic E-state index is -0.750. The smallest absolute Gasteiger partial charge is 0.412 e. The standard InChI is InChI=1S/C35H37FN6O5S/c1-17-25(20-8-9-24(36)29-26(20)21(11-37)31(48-29)40-32(43)46-34(2,3)4)22-14-45-15-23(22)27-28(17)38-16-39-30(27)41-12-19-10-18(41)13-42(19)33(44)47-35(5,6)7/h8-9,16,18-19H,10,12-15H2,1-7H3,(H,40,43). The van der Waals surface area contributed by atoms with Gasteiger partial charge in [-0.05, 0) is 88.8 Å². The van der Waals surface area contributed by atoms with Gasteiger partial charge < -0.3 is 24.0 Å². The topological polar surface area (TPSA) is 130 Å². The van der Waals surface area contributed by atoms with E-state index in [2.05, 4.69) is 16.3 Å². The Labute approximate surface area is 281 Å². The van der Waals surface area contributed by atoms with E-state index in [4.69, 9.17) is 24.2 Å². The van der Waals surface area contributed by atoms with Crippen LogP contribution in [0.1, 0.15) is 70.2 Å². The molecule has 250 valence electrons. The van der Waals surface area contributed by atoms with Gasteiger partial charge in [0.2, 0.25) is 0 Å². The number of likely N-dealkylation sites (tertiary alicyclic amines) is 1. The Balaban J connectivity index is 1.32. The van der Waals surface area contributed by atoms with Gasteiger partial charge in [-0.1, -0.05) is 6.07 Å². The van der Waals surface area contributed by atoms with Crippen LogP contribution >= 0.6 is 11.3 Å². The summed E-state index contributed by atoms with van der Waals surface area (Å²) in [5.41, 5.74) is 3.79. The van der Waals surface area contributed by atoms with Crippen LogP contribution in [0.25, 0.3) is 32.1 Å². The van der Waals surface area contributed by atoms with Crippen molar-refractivity contribution in [3.05, 3.63) is 46.5 Å². The van der Waals surface area contributed by atoms with E-state index in [1.54, 1.807) is 33.2 Å². The zero-order valence-corrected chi connectivity index (χ0v) is 28.8. The number of carbonyl (C=O) groups is 2. The van der Waals surface area contributed by atoms with Crippen molar-refractivity contribution < 1.29 is 28.2 Å². The highest BCUT2D eigenvalue weighted by Gasteiger charge is 2.47. The number of hydrogen-bond donors (Lipinski definition) is 1. The molecule has 2 bridgehead atoms. The number of hydrogen-bond acceptors (Lipinski definition) is 10. The number of rotatable bonds is 3. The average molecular weight is 673 g/mol. The van der Waals surface area contributed by atoms with Gasteiger partial charge in [0.15, 0.2) is 0 Å². The number of fused-ring (bicyclic) bond motifs is 6. The quantitative estimate of drug-likeness (QED) is 0.237. The van der Waals surface area contributed by atoms with Gasteiger partial charge in [-0.2, -0.15) is 5.26 Å². The van der Waals surface area contributed by atoms with Crippen molar-refractivity contribution in [3.63, 3.8) is 0 Å². The second-order valence-electron chi connectivity index (χ2n) is 14.5. The normalized spacial score (nSPS) is 18.8. The van der Waals surface area contributed by atoms with Crippen LogP contribution in [0.2, 0.25) is 0 Å². The van der Waals surface area contributed by atoms with Crippen LogP contribution in [-0.2, 0) is 27.4 Å². The molecule has 5 heterocycles. The number of amides is 2. The highest BCUT2D eigenvalue weighted by atomic mass is 32.1. The fourth-order valence-electron chi connectivity index (χ4n) is 7.18. The van der Waals surface area contributed by atoms with Crippen molar-refractivity contribution in [3.8, 4) is 17.2 Å². The predicted octanol–water partition coefficient (Wildman–Crippen LogP) is 7.41. The van der Waals surface area contributed by atoms with E-state index in [0.29, 0.717) is 37.3 Å². The molecule has 2 unspecified atom stereocenters. The Bertz CT molecular complexity index is 2060. The Morgan fingerprint density at radius 1 is 1.04 bits per heavy atom. The molecule has 0 aliphatic carbocycles. The van der Waals surface area contributed by atoms with Crippen molar-refractivity contribution >= 4 is 55.3 Å². The zero-order chi connectivity index (χ0) is 34.3. The van der Waals surface area contributed by atoms with Crippen molar-refractivity contribution in [2.75, 3.05) is 23.3 Å². The van der Waals surface area contributed by atoms with Crippen LogP contribution in [0.4, 0.5) is 24.8 Å². The summed E-state index contributed by atoms with van der Waals surface area (Å²) in [7, 11) is 0. The van der Waals surface area contributed by atoms with Crippen LogP contribution in [0.3, 0.4) is 0 Å². The number of nitriles is 1. The first-order valence-corrected chi connectivity index (χ1v) is 16.7. The Kier molecular flexibility index (Phi) is 7.52. The number of aryl methyl sites for hydroxylation is 1. The maximum absolute atomic E-state index is 15.4. The van der Waals surface area contributed by atoms with Gasteiger partial charge in [-0.3, -0.25) is 5.32 Å². The summed E-state index contributed by atoms with van der Waals surface area (Å²) in [5.74, 6) is 0.307. The number of thiophene rings is 1. The number of halogens is 1. The summed E-state index contributed by atoms with van der Waals surface area (Å²) in [6.07, 6.45) is 1.36. The van der Waals surface area contributed by atoms with Crippen LogP contribution in [0.5, 0.6) is 0 Å². The van der Waals surface area contributed by atoms with E-state index in [1.165, 1.54) is 6.07 Å². The Morgan fingerprint density at radius 2 is 1.77 bits per heavy atom. The molecular formula is C35H37FN6O5S. The number of piperazine rings is 1. The lowest BCUT2D eigenvalue weighted by molar-refractivity contribution is 0.0214. The summed E-state index contributed by atoms with van der Waals surface area (Å²) >= 11 is 1.00. The van der Waals surface area contributed by atoms with Crippen LogP contribution in [0, 0.1) is 24.1 Å². The van der Waals surface area contributed by atoms with Crippen molar-refractivity contribution in [2.45, 2.75) is 91.4 Å². The highest BCUT2D eigenvalue weighted by Crippen LogP contribution is 2.49. The molecule has 0 saturated carbocycles. The summed E-state index contributed by atoms with van der Waals surface area (Å²) in [4.78, 5) is 39.2. The van der Waals surface area contributed by atoms with E-state index in [9.17, 15) is 14.9 Å².